The minimum Gasteiger partial charge on any atom is -0.361 e. The maximum Gasteiger partial charge on any atom is 0.183 e. The van der Waals surface area contributed by atoms with Crippen LogP contribution in [0.3, 0.4) is 0 Å². The number of H-pyrrole nitrogens is 1. The van der Waals surface area contributed by atoms with Gasteiger partial charge in [0.1, 0.15) is 0 Å². The Morgan fingerprint density at radius 2 is 1.79 bits per heavy atom. The third-order valence-corrected chi connectivity index (χ3v) is 9.69. The highest BCUT2D eigenvalue weighted by Crippen LogP contribution is 2.26. The van der Waals surface area contributed by atoms with E-state index in [9.17, 15) is 16.8 Å². The summed E-state index contributed by atoms with van der Waals surface area (Å²) in [6, 6.07) is 13.9. The predicted octanol–water partition coefficient (Wildman–Crippen LogP) is 2.25. The molecule has 4 rings (SSSR count). The van der Waals surface area contributed by atoms with Crippen LogP contribution in [0.5, 0.6) is 0 Å². The number of aromatic nitrogens is 1. The Bertz CT molecular complexity index is 1230. The van der Waals surface area contributed by atoms with Crippen molar-refractivity contribution in [2.24, 2.45) is 0 Å². The lowest BCUT2D eigenvalue weighted by Crippen LogP contribution is -2.44. The maximum absolute atomic E-state index is 13.1. The van der Waals surface area contributed by atoms with E-state index in [2.05, 4.69) is 10.3 Å². The highest BCUT2D eigenvalue weighted by atomic mass is 32.2. The molecule has 0 unspecified atom stereocenters. The molecule has 0 radical (unpaired) electrons. The number of hydrogen-bond acceptors (Lipinski definition) is 5. The molecule has 0 amide bonds. The van der Waals surface area contributed by atoms with Gasteiger partial charge in [0.15, 0.2) is 19.7 Å². The largest absolute Gasteiger partial charge is 0.361 e. The zero-order chi connectivity index (χ0) is 20.6. The van der Waals surface area contributed by atoms with Crippen molar-refractivity contribution in [2.75, 3.05) is 18.1 Å². The van der Waals surface area contributed by atoms with E-state index < -0.39 is 31.0 Å². The molecule has 2 heterocycles. The zero-order valence-electron chi connectivity index (χ0n) is 16.1. The molecule has 1 aromatic heterocycles. The fourth-order valence-electron chi connectivity index (χ4n) is 3.95. The Labute approximate surface area is 171 Å². The van der Waals surface area contributed by atoms with Crippen LogP contribution < -0.4 is 5.32 Å². The van der Waals surface area contributed by atoms with Crippen molar-refractivity contribution in [3.8, 4) is 0 Å². The Morgan fingerprint density at radius 3 is 2.55 bits per heavy atom. The van der Waals surface area contributed by atoms with Crippen LogP contribution in [0.1, 0.15) is 11.1 Å². The number of rotatable bonds is 6. The second kappa shape index (κ2) is 7.59. The van der Waals surface area contributed by atoms with Crippen LogP contribution in [-0.2, 0) is 26.1 Å². The number of aryl methyl sites for hydroxylation is 1. The van der Waals surface area contributed by atoms with Crippen LogP contribution >= 0.6 is 0 Å². The molecule has 0 spiro atoms. The van der Waals surface area contributed by atoms with Crippen molar-refractivity contribution in [1.82, 2.24) is 10.3 Å². The third kappa shape index (κ3) is 4.10. The lowest BCUT2D eigenvalue weighted by Gasteiger charge is -2.20. The van der Waals surface area contributed by atoms with Crippen molar-refractivity contribution in [3.63, 3.8) is 0 Å². The van der Waals surface area contributed by atoms with Gasteiger partial charge in [0.05, 0.1) is 21.7 Å². The zero-order valence-corrected chi connectivity index (χ0v) is 17.8. The number of sulfone groups is 2. The summed E-state index contributed by atoms with van der Waals surface area (Å²) in [5.41, 5.74) is 3.12. The van der Waals surface area contributed by atoms with Gasteiger partial charge >= 0.3 is 0 Å². The van der Waals surface area contributed by atoms with E-state index in [0.717, 1.165) is 22.0 Å². The quantitative estimate of drug-likeness (QED) is 0.623. The monoisotopic (exact) mass is 432 g/mol. The summed E-state index contributed by atoms with van der Waals surface area (Å²) >= 11 is 0. The number of fused-ring (bicyclic) bond motifs is 1. The van der Waals surface area contributed by atoms with Crippen LogP contribution in [0.15, 0.2) is 59.6 Å². The van der Waals surface area contributed by atoms with Gasteiger partial charge < -0.3 is 10.3 Å². The molecule has 2 aromatic carbocycles. The summed E-state index contributed by atoms with van der Waals surface area (Å²) in [7, 11) is -7.15. The van der Waals surface area contributed by atoms with Crippen LogP contribution in [0.25, 0.3) is 10.9 Å². The molecule has 154 valence electrons. The van der Waals surface area contributed by atoms with Crippen LogP contribution in [0.4, 0.5) is 0 Å². The molecular weight excluding hydrogens is 408 g/mol. The van der Waals surface area contributed by atoms with Crippen LogP contribution in [-0.4, -0.2) is 51.2 Å². The molecule has 29 heavy (non-hydrogen) atoms. The molecule has 1 aliphatic heterocycles. The maximum atomic E-state index is 13.1. The van der Waals surface area contributed by atoms with E-state index in [1.165, 1.54) is 0 Å². The molecule has 2 N–H and O–H groups in total. The fraction of sp³-hybridized carbons (Fsp3) is 0.333. The van der Waals surface area contributed by atoms with Gasteiger partial charge in [0, 0.05) is 23.1 Å². The molecule has 0 bridgehead atoms. The summed E-state index contributed by atoms with van der Waals surface area (Å²) in [4.78, 5) is 3.39. The van der Waals surface area contributed by atoms with Crippen molar-refractivity contribution < 1.29 is 16.8 Å². The van der Waals surface area contributed by atoms with Crippen LogP contribution in [0.2, 0.25) is 0 Å². The number of aromatic amines is 1. The van der Waals surface area contributed by atoms with Gasteiger partial charge in [0.25, 0.3) is 0 Å². The third-order valence-electron chi connectivity index (χ3n) is 5.52. The van der Waals surface area contributed by atoms with E-state index in [4.69, 9.17) is 0 Å². The predicted molar refractivity (Wildman–Crippen MR) is 115 cm³/mol. The van der Waals surface area contributed by atoms with E-state index in [0.29, 0.717) is 13.0 Å². The summed E-state index contributed by atoms with van der Waals surface area (Å²) in [5, 5.41) is 3.35. The molecule has 6 nitrogen and oxygen atoms in total. The van der Waals surface area contributed by atoms with Crippen LogP contribution in [0, 0.1) is 6.92 Å². The smallest absolute Gasteiger partial charge is 0.183 e. The summed E-state index contributed by atoms with van der Waals surface area (Å²) in [5.74, 6) is -0.495. The van der Waals surface area contributed by atoms with Gasteiger partial charge in [-0.1, -0.05) is 35.9 Å². The van der Waals surface area contributed by atoms with Crippen molar-refractivity contribution in [1.29, 1.82) is 0 Å². The van der Waals surface area contributed by atoms with Gasteiger partial charge in [-0.15, -0.1) is 0 Å². The van der Waals surface area contributed by atoms with Crippen molar-refractivity contribution in [3.05, 3.63) is 65.9 Å². The van der Waals surface area contributed by atoms with Gasteiger partial charge in [-0.25, -0.2) is 16.8 Å². The molecular formula is C21H24N2O4S2. The number of nitrogens with one attached hydrogen (secondary N) is 2. The van der Waals surface area contributed by atoms with Gasteiger partial charge in [-0.3, -0.25) is 0 Å². The Hall–Kier alpha value is -2.16. The molecule has 1 aliphatic rings. The number of benzene rings is 2. The highest BCUT2D eigenvalue weighted by Gasteiger charge is 2.45. The first-order valence-electron chi connectivity index (χ1n) is 9.56. The minimum atomic E-state index is -3.74. The SMILES string of the molecule is Cc1ccc(S(=O)(=O)[C@H]2CS(=O)(=O)C[C@@H]2NCCc2c[nH]c3ccccc23)cc1. The second-order valence-corrected chi connectivity index (χ2v) is 12.0. The molecule has 8 heteroatoms. The van der Waals surface area contributed by atoms with Gasteiger partial charge in [-0.05, 0) is 43.7 Å². The molecule has 0 saturated carbocycles. The average molecular weight is 433 g/mol. The Kier molecular flexibility index (Phi) is 5.27. The molecule has 1 saturated heterocycles. The average Bonchev–Trinajstić information content (AvgIpc) is 3.23. The van der Waals surface area contributed by atoms with Crippen molar-refractivity contribution in [2.45, 2.75) is 29.5 Å². The first kappa shape index (κ1) is 20.1. The summed E-state index contributed by atoms with van der Waals surface area (Å²) < 4.78 is 50.7. The first-order chi connectivity index (χ1) is 13.8. The minimum absolute atomic E-state index is 0.156. The number of para-hydroxylation sites is 1. The fourth-order valence-corrected chi connectivity index (χ4v) is 8.66. The van der Waals surface area contributed by atoms with E-state index in [1.807, 2.05) is 37.4 Å². The molecule has 0 aliphatic carbocycles. The normalized spacial score (nSPS) is 21.6. The van der Waals surface area contributed by atoms with Crippen molar-refractivity contribution >= 4 is 30.6 Å². The molecule has 3 aromatic rings. The highest BCUT2D eigenvalue weighted by molar-refractivity contribution is 7.96. The second-order valence-electron chi connectivity index (χ2n) is 7.64. The van der Waals surface area contributed by atoms with E-state index in [1.54, 1.807) is 24.3 Å². The molecule has 1 fully saturated rings. The summed E-state index contributed by atoms with van der Waals surface area (Å²) in [6.07, 6.45) is 2.62. The standard InChI is InChI=1S/C21H24N2O4S2/c1-15-6-8-17(9-7-15)29(26,27)21-14-28(24,25)13-20(21)22-11-10-16-12-23-19-5-3-2-4-18(16)19/h2-9,12,20-23H,10-11,13-14H2,1H3/t20-,21-/m0/s1. The topological polar surface area (TPSA) is 96.1 Å². The Morgan fingerprint density at radius 1 is 1.07 bits per heavy atom. The van der Waals surface area contributed by atoms with E-state index in [-0.39, 0.29) is 16.4 Å². The lowest BCUT2D eigenvalue weighted by molar-refractivity contribution is 0.528. The van der Waals surface area contributed by atoms with Gasteiger partial charge in [0.2, 0.25) is 0 Å². The molecule has 2 atom stereocenters. The lowest BCUT2D eigenvalue weighted by atomic mass is 10.1. The number of hydrogen-bond donors (Lipinski definition) is 2. The first-order valence-corrected chi connectivity index (χ1v) is 12.9. The Balaban J connectivity index is 1.51. The van der Waals surface area contributed by atoms with Gasteiger partial charge in [-0.2, -0.15) is 0 Å². The summed E-state index contributed by atoms with van der Waals surface area (Å²) in [6.45, 7) is 2.38. The van der Waals surface area contributed by atoms with E-state index >= 15 is 0 Å².